The third-order valence-electron chi connectivity index (χ3n) is 1.72. The van der Waals surface area contributed by atoms with Gasteiger partial charge in [0.25, 0.3) is 0 Å². The predicted molar refractivity (Wildman–Crippen MR) is 62.3 cm³/mol. The number of benzene rings is 1. The topological polar surface area (TPSA) is 55.8 Å². The Kier molecular flexibility index (Phi) is 6.44. The Morgan fingerprint density at radius 1 is 1.25 bits per heavy atom. The molecule has 1 rings (SSSR count). The van der Waals surface area contributed by atoms with Gasteiger partial charge in [-0.3, -0.25) is 0 Å². The summed E-state index contributed by atoms with van der Waals surface area (Å²) in [5.41, 5.74) is 0. The van der Waals surface area contributed by atoms with E-state index >= 15 is 0 Å². The number of hydrogen-bond acceptors (Lipinski definition) is 5. The van der Waals surface area contributed by atoms with Gasteiger partial charge in [-0.15, -0.1) is 0 Å². The molecule has 1 aromatic rings. The first-order chi connectivity index (χ1) is 7.83. The second-order valence-corrected chi connectivity index (χ2v) is 3.68. The van der Waals surface area contributed by atoms with Crippen molar-refractivity contribution < 1.29 is 18.8 Å². The minimum Gasteiger partial charge on any atom is -0.455 e. The molecule has 0 saturated heterocycles. The van der Waals surface area contributed by atoms with Crippen LogP contribution in [0.4, 0.5) is 4.79 Å². The van der Waals surface area contributed by atoms with Crippen LogP contribution in [0.5, 0.6) is 5.75 Å². The summed E-state index contributed by atoms with van der Waals surface area (Å²) in [6.07, 6.45) is 1.30. The summed E-state index contributed by atoms with van der Waals surface area (Å²) >= 11 is 0.664. The van der Waals surface area contributed by atoms with Crippen molar-refractivity contribution in [3.63, 3.8) is 0 Å². The fraction of sp³-hybridized carbons (Fsp3) is 0.364. The summed E-state index contributed by atoms with van der Waals surface area (Å²) in [4.78, 5) is 11.1. The van der Waals surface area contributed by atoms with Gasteiger partial charge in [0.2, 0.25) is 0 Å². The van der Waals surface area contributed by atoms with Gasteiger partial charge in [-0.05, 0) is 25.0 Å². The lowest BCUT2D eigenvalue weighted by Gasteiger charge is -2.04. The van der Waals surface area contributed by atoms with Crippen LogP contribution in [0, 0.1) is 0 Å². The van der Waals surface area contributed by atoms with Gasteiger partial charge in [-0.1, -0.05) is 18.2 Å². The van der Waals surface area contributed by atoms with E-state index in [0.29, 0.717) is 37.2 Å². The van der Waals surface area contributed by atoms with Gasteiger partial charge >= 0.3 is 5.30 Å². The van der Waals surface area contributed by atoms with Crippen LogP contribution in [0.25, 0.3) is 0 Å². The minimum absolute atomic E-state index is 0.116. The first-order valence-corrected chi connectivity index (χ1v) is 5.74. The summed E-state index contributed by atoms with van der Waals surface area (Å²) in [6.45, 7) is 0.426. The zero-order chi connectivity index (χ0) is 11.6. The van der Waals surface area contributed by atoms with Crippen LogP contribution in [0.2, 0.25) is 0 Å². The van der Waals surface area contributed by atoms with E-state index in [2.05, 4.69) is 0 Å². The highest BCUT2D eigenvalue weighted by Gasteiger charge is 2.05. The van der Waals surface area contributed by atoms with Crippen LogP contribution in [0.15, 0.2) is 30.3 Å². The Morgan fingerprint density at radius 2 is 2.00 bits per heavy atom. The molecule has 0 fully saturated rings. The number of aliphatic hydroxyl groups is 1. The Balaban J connectivity index is 2.11. The second kappa shape index (κ2) is 8.01. The van der Waals surface area contributed by atoms with Crippen LogP contribution < -0.4 is 4.18 Å². The SMILES string of the molecule is O=C(OCCCCO)SOc1ccccc1. The number of aliphatic hydroxyl groups excluding tert-OH is 1. The molecule has 5 heteroatoms. The lowest BCUT2D eigenvalue weighted by Crippen LogP contribution is -2.02. The molecular formula is C11H14O4S. The summed E-state index contributed by atoms with van der Waals surface area (Å²) in [7, 11) is 0. The van der Waals surface area contributed by atoms with Gasteiger partial charge in [0, 0.05) is 6.61 Å². The molecule has 0 aliphatic rings. The Morgan fingerprint density at radius 3 is 2.69 bits per heavy atom. The largest absolute Gasteiger partial charge is 0.455 e. The predicted octanol–water partition coefficient (Wildman–Crippen LogP) is 2.62. The standard InChI is InChI=1S/C11H14O4S/c12-8-4-5-9-14-11(13)16-15-10-6-2-1-3-7-10/h1-3,6-7,12H,4-5,8-9H2. The van der Waals surface area contributed by atoms with E-state index in [1.807, 2.05) is 18.2 Å². The van der Waals surface area contributed by atoms with Crippen molar-refractivity contribution in [2.24, 2.45) is 0 Å². The number of rotatable bonds is 6. The third-order valence-corrected chi connectivity index (χ3v) is 2.25. The molecular weight excluding hydrogens is 228 g/mol. The molecule has 4 nitrogen and oxygen atoms in total. The highest BCUT2D eigenvalue weighted by atomic mass is 32.2. The number of para-hydroxylation sites is 1. The third kappa shape index (κ3) is 5.63. The zero-order valence-corrected chi connectivity index (χ0v) is 9.61. The Bertz CT molecular complexity index is 302. The highest BCUT2D eigenvalue weighted by Crippen LogP contribution is 2.16. The van der Waals surface area contributed by atoms with Crippen LogP contribution >= 0.6 is 12.0 Å². The highest BCUT2D eigenvalue weighted by molar-refractivity contribution is 8.09. The van der Waals surface area contributed by atoms with E-state index in [9.17, 15) is 4.79 Å². The van der Waals surface area contributed by atoms with Crippen LogP contribution in [0.3, 0.4) is 0 Å². The zero-order valence-electron chi connectivity index (χ0n) is 8.80. The number of carbonyl (C=O) groups is 1. The first kappa shape index (κ1) is 12.9. The average Bonchev–Trinajstić information content (AvgIpc) is 2.33. The van der Waals surface area contributed by atoms with Gasteiger partial charge in [0.15, 0.2) is 12.0 Å². The summed E-state index contributed by atoms with van der Waals surface area (Å²) in [5.74, 6) is 0.611. The molecule has 0 spiro atoms. The minimum atomic E-state index is -0.471. The molecule has 0 aliphatic carbocycles. The number of carbonyl (C=O) groups excluding carboxylic acids is 1. The molecule has 88 valence electrons. The van der Waals surface area contributed by atoms with Crippen molar-refractivity contribution in [3.8, 4) is 5.75 Å². The van der Waals surface area contributed by atoms with Gasteiger partial charge in [-0.2, -0.15) is 0 Å². The van der Waals surface area contributed by atoms with Crippen LogP contribution in [0.1, 0.15) is 12.8 Å². The lowest BCUT2D eigenvalue weighted by atomic mass is 10.3. The normalized spacial score (nSPS) is 9.81. The van der Waals surface area contributed by atoms with Crippen molar-refractivity contribution in [1.82, 2.24) is 0 Å². The van der Waals surface area contributed by atoms with Crippen LogP contribution in [-0.4, -0.2) is 23.6 Å². The lowest BCUT2D eigenvalue weighted by molar-refractivity contribution is 0.167. The van der Waals surface area contributed by atoms with Gasteiger partial charge in [0.1, 0.15) is 5.75 Å². The van der Waals surface area contributed by atoms with E-state index in [1.165, 1.54) is 0 Å². The fourth-order valence-corrected chi connectivity index (χ4v) is 1.36. The van der Waals surface area contributed by atoms with Gasteiger partial charge in [0.05, 0.1) is 6.61 Å². The van der Waals surface area contributed by atoms with Crippen molar-refractivity contribution in [1.29, 1.82) is 0 Å². The molecule has 0 heterocycles. The average molecular weight is 242 g/mol. The van der Waals surface area contributed by atoms with Crippen molar-refractivity contribution in [2.45, 2.75) is 12.8 Å². The monoisotopic (exact) mass is 242 g/mol. The molecule has 0 radical (unpaired) electrons. The molecule has 0 unspecified atom stereocenters. The smallest absolute Gasteiger partial charge is 0.407 e. The molecule has 1 N–H and O–H groups in total. The maximum atomic E-state index is 11.1. The maximum Gasteiger partial charge on any atom is 0.407 e. The number of hydrogen-bond donors (Lipinski definition) is 1. The van der Waals surface area contributed by atoms with Gasteiger partial charge in [-0.25, -0.2) is 4.79 Å². The van der Waals surface area contributed by atoms with E-state index in [-0.39, 0.29) is 6.61 Å². The number of ether oxygens (including phenoxy) is 1. The molecule has 1 aromatic carbocycles. The van der Waals surface area contributed by atoms with E-state index in [0.717, 1.165) is 0 Å². The second-order valence-electron chi connectivity index (χ2n) is 3.01. The molecule has 0 saturated carbocycles. The fourth-order valence-electron chi connectivity index (χ4n) is 0.952. The van der Waals surface area contributed by atoms with Crippen molar-refractivity contribution in [3.05, 3.63) is 30.3 Å². The Hall–Kier alpha value is -1.20. The summed E-state index contributed by atoms with van der Waals surface area (Å²) in [5, 5.41) is 8.04. The first-order valence-electron chi connectivity index (χ1n) is 5.00. The molecule has 0 aromatic heterocycles. The van der Waals surface area contributed by atoms with Crippen molar-refractivity contribution in [2.75, 3.05) is 13.2 Å². The Labute approximate surface area is 98.8 Å². The maximum absolute atomic E-state index is 11.1. The number of unbranched alkanes of at least 4 members (excludes halogenated alkanes) is 1. The molecule has 0 atom stereocenters. The van der Waals surface area contributed by atoms with Crippen molar-refractivity contribution >= 4 is 17.3 Å². The molecule has 0 aliphatic heterocycles. The van der Waals surface area contributed by atoms with Crippen LogP contribution in [-0.2, 0) is 4.74 Å². The van der Waals surface area contributed by atoms with E-state index in [1.54, 1.807) is 12.1 Å². The molecule has 0 bridgehead atoms. The van der Waals surface area contributed by atoms with E-state index < -0.39 is 5.30 Å². The van der Waals surface area contributed by atoms with Gasteiger partial charge < -0.3 is 14.0 Å². The summed E-state index contributed by atoms with van der Waals surface area (Å²) in [6, 6.07) is 9.02. The quantitative estimate of drug-likeness (QED) is 0.472. The molecule has 0 amide bonds. The summed E-state index contributed by atoms with van der Waals surface area (Å²) < 4.78 is 9.97. The molecule has 16 heavy (non-hydrogen) atoms. The van der Waals surface area contributed by atoms with E-state index in [4.69, 9.17) is 14.0 Å².